The minimum Gasteiger partial charge on any atom is -0.396 e. The fourth-order valence-corrected chi connectivity index (χ4v) is 1.40. The molecule has 0 aliphatic heterocycles. The van der Waals surface area contributed by atoms with Gasteiger partial charge in [0.1, 0.15) is 11.6 Å². The van der Waals surface area contributed by atoms with E-state index in [9.17, 15) is 8.78 Å². The molecule has 1 aromatic rings. The fourth-order valence-electron chi connectivity index (χ4n) is 1.09. The van der Waals surface area contributed by atoms with Crippen LogP contribution in [0.5, 0.6) is 0 Å². The molecule has 0 heterocycles. The Hall–Kier alpha value is -0.870. The first-order valence-corrected chi connectivity index (χ1v) is 4.65. The molecule has 76 valence electrons. The molecule has 14 heavy (non-hydrogen) atoms. The van der Waals surface area contributed by atoms with Gasteiger partial charge >= 0.3 is 0 Å². The van der Waals surface area contributed by atoms with Crippen LogP contribution in [0.25, 0.3) is 0 Å². The fraction of sp³-hybridized carbons (Fsp3) is 0.300. The van der Waals surface area contributed by atoms with Crippen molar-refractivity contribution in [2.75, 3.05) is 6.61 Å². The van der Waals surface area contributed by atoms with Gasteiger partial charge < -0.3 is 5.11 Å². The zero-order valence-electron chi connectivity index (χ0n) is 7.46. The van der Waals surface area contributed by atoms with E-state index in [2.05, 4.69) is 0 Å². The molecule has 0 atom stereocenters. The van der Waals surface area contributed by atoms with Crippen molar-refractivity contribution in [3.8, 4) is 0 Å². The average molecular weight is 216 g/mol. The van der Waals surface area contributed by atoms with E-state index < -0.39 is 11.6 Å². The van der Waals surface area contributed by atoms with E-state index in [0.29, 0.717) is 17.7 Å². The van der Waals surface area contributed by atoms with Crippen molar-refractivity contribution in [3.05, 3.63) is 35.4 Å². The summed E-state index contributed by atoms with van der Waals surface area (Å²) in [6.45, 7) is 0.0168. The Morgan fingerprint density at radius 1 is 1.36 bits per heavy atom. The van der Waals surface area contributed by atoms with Gasteiger partial charge in [-0.05, 0) is 25.0 Å². The minimum atomic E-state index is -0.645. The molecule has 1 nitrogen and oxygen atoms in total. The van der Waals surface area contributed by atoms with Gasteiger partial charge in [0.2, 0.25) is 0 Å². The van der Waals surface area contributed by atoms with Gasteiger partial charge in [-0.25, -0.2) is 8.78 Å². The largest absolute Gasteiger partial charge is 0.396 e. The predicted molar refractivity (Wildman–Crippen MR) is 54.4 cm³/mol. The van der Waals surface area contributed by atoms with Crippen molar-refractivity contribution in [2.24, 2.45) is 0 Å². The molecule has 0 radical (unpaired) electrons. The maximum atomic E-state index is 13.1. The molecule has 0 aliphatic carbocycles. The van der Waals surface area contributed by atoms with E-state index in [1.807, 2.05) is 0 Å². The lowest BCUT2D eigenvalue weighted by atomic mass is 10.1. The highest BCUT2D eigenvalue weighted by Gasteiger charge is 2.08. The lowest BCUT2D eigenvalue weighted by Gasteiger charge is -2.04. The van der Waals surface area contributed by atoms with Crippen molar-refractivity contribution in [1.82, 2.24) is 0 Å². The van der Waals surface area contributed by atoms with Crippen LogP contribution in [0.3, 0.4) is 0 Å². The average Bonchev–Trinajstić information content (AvgIpc) is 2.14. The minimum absolute atomic E-state index is 0.0168. The first kappa shape index (κ1) is 11.2. The van der Waals surface area contributed by atoms with Crippen molar-refractivity contribution < 1.29 is 13.9 Å². The van der Waals surface area contributed by atoms with E-state index in [0.717, 1.165) is 6.07 Å². The number of hydrogen-bond donors (Lipinski definition) is 1. The van der Waals surface area contributed by atoms with E-state index in [-0.39, 0.29) is 12.2 Å². The van der Waals surface area contributed by atoms with Gasteiger partial charge in [-0.1, -0.05) is 12.2 Å². The molecule has 0 saturated heterocycles. The van der Waals surface area contributed by atoms with Gasteiger partial charge in [-0.2, -0.15) is 0 Å². The van der Waals surface area contributed by atoms with Gasteiger partial charge in [0.05, 0.1) is 0 Å². The molecule has 0 bridgehead atoms. The van der Waals surface area contributed by atoms with Crippen LogP contribution in [0.4, 0.5) is 8.78 Å². The number of benzene rings is 1. The van der Waals surface area contributed by atoms with Gasteiger partial charge in [-0.15, -0.1) is 0 Å². The van der Waals surface area contributed by atoms with Gasteiger partial charge in [0.25, 0.3) is 0 Å². The standard InChI is InChI=1S/C10H10F2OS/c11-7-3-4-8(9(12)6-7)10(14)2-1-5-13/h3-4,6,13H,1-2,5H2. The van der Waals surface area contributed by atoms with E-state index in [1.165, 1.54) is 12.1 Å². The second kappa shape index (κ2) is 5.12. The molecular formula is C10H10F2OS. The topological polar surface area (TPSA) is 20.2 Å². The maximum Gasteiger partial charge on any atom is 0.134 e. The summed E-state index contributed by atoms with van der Waals surface area (Å²) in [4.78, 5) is 0.413. The smallest absolute Gasteiger partial charge is 0.134 e. The van der Waals surface area contributed by atoms with Crippen molar-refractivity contribution in [3.63, 3.8) is 0 Å². The Labute approximate surface area is 86.4 Å². The summed E-state index contributed by atoms with van der Waals surface area (Å²) in [5.74, 6) is -1.26. The highest BCUT2D eigenvalue weighted by molar-refractivity contribution is 7.80. The summed E-state index contributed by atoms with van der Waals surface area (Å²) in [6, 6.07) is 3.30. The molecule has 1 rings (SSSR count). The summed E-state index contributed by atoms with van der Waals surface area (Å²) >= 11 is 4.94. The van der Waals surface area contributed by atoms with Gasteiger partial charge in [-0.3, -0.25) is 0 Å². The summed E-state index contributed by atoms with van der Waals surface area (Å²) in [7, 11) is 0. The van der Waals surface area contributed by atoms with Crippen molar-refractivity contribution >= 4 is 17.1 Å². The molecule has 1 aromatic carbocycles. The third kappa shape index (κ3) is 2.82. The molecule has 0 spiro atoms. The molecule has 0 saturated carbocycles. The normalized spacial score (nSPS) is 10.2. The Morgan fingerprint density at radius 3 is 2.64 bits per heavy atom. The first-order chi connectivity index (χ1) is 6.65. The SMILES string of the molecule is OCCCC(=S)c1ccc(F)cc1F. The molecule has 0 aliphatic rings. The lowest BCUT2D eigenvalue weighted by Crippen LogP contribution is -2.02. The summed E-state index contributed by atoms with van der Waals surface area (Å²) in [5, 5.41) is 8.56. The van der Waals surface area contributed by atoms with E-state index >= 15 is 0 Å². The molecule has 4 heteroatoms. The van der Waals surface area contributed by atoms with Crippen LogP contribution >= 0.6 is 12.2 Å². The number of rotatable bonds is 4. The quantitative estimate of drug-likeness (QED) is 0.616. The molecule has 0 aromatic heterocycles. The number of aliphatic hydroxyl groups excluding tert-OH is 1. The zero-order chi connectivity index (χ0) is 10.6. The van der Waals surface area contributed by atoms with E-state index in [4.69, 9.17) is 17.3 Å². The van der Waals surface area contributed by atoms with Crippen LogP contribution in [-0.4, -0.2) is 16.6 Å². The molecule has 0 fully saturated rings. The van der Waals surface area contributed by atoms with Crippen LogP contribution in [0, 0.1) is 11.6 Å². The van der Waals surface area contributed by atoms with Gasteiger partial charge in [0, 0.05) is 23.1 Å². The summed E-state index contributed by atoms with van der Waals surface area (Å²) < 4.78 is 25.7. The van der Waals surface area contributed by atoms with Crippen LogP contribution in [0.1, 0.15) is 18.4 Å². The molecular weight excluding hydrogens is 206 g/mol. The highest BCUT2D eigenvalue weighted by atomic mass is 32.1. The third-order valence-corrected chi connectivity index (χ3v) is 2.22. The molecule has 1 N–H and O–H groups in total. The Balaban J connectivity index is 2.80. The number of hydrogen-bond acceptors (Lipinski definition) is 2. The van der Waals surface area contributed by atoms with E-state index in [1.54, 1.807) is 0 Å². The third-order valence-electron chi connectivity index (χ3n) is 1.79. The Morgan fingerprint density at radius 2 is 2.07 bits per heavy atom. The van der Waals surface area contributed by atoms with Crippen molar-refractivity contribution in [2.45, 2.75) is 12.8 Å². The van der Waals surface area contributed by atoms with Crippen LogP contribution in [0.2, 0.25) is 0 Å². The number of thiocarbonyl (C=S) groups is 1. The maximum absolute atomic E-state index is 13.1. The Bertz CT molecular complexity index is 339. The second-order valence-electron chi connectivity index (χ2n) is 2.87. The zero-order valence-corrected chi connectivity index (χ0v) is 8.28. The first-order valence-electron chi connectivity index (χ1n) is 4.24. The summed E-state index contributed by atoms with van der Waals surface area (Å²) in [5.41, 5.74) is 0.245. The second-order valence-corrected chi connectivity index (χ2v) is 3.37. The molecule has 0 amide bonds. The van der Waals surface area contributed by atoms with Crippen LogP contribution < -0.4 is 0 Å². The number of halogens is 2. The lowest BCUT2D eigenvalue weighted by molar-refractivity contribution is 0.291. The van der Waals surface area contributed by atoms with Crippen molar-refractivity contribution in [1.29, 1.82) is 0 Å². The van der Waals surface area contributed by atoms with Crippen LogP contribution in [-0.2, 0) is 0 Å². The van der Waals surface area contributed by atoms with Gasteiger partial charge in [0.15, 0.2) is 0 Å². The summed E-state index contributed by atoms with van der Waals surface area (Å²) in [6.07, 6.45) is 0.935. The van der Waals surface area contributed by atoms with Crippen LogP contribution in [0.15, 0.2) is 18.2 Å². The molecule has 0 unspecified atom stereocenters. The highest BCUT2D eigenvalue weighted by Crippen LogP contribution is 2.13. The Kier molecular flexibility index (Phi) is 4.10. The monoisotopic (exact) mass is 216 g/mol. The number of aliphatic hydroxyl groups is 1. The predicted octanol–water partition coefficient (Wildman–Crippen LogP) is 2.46.